The second-order valence-corrected chi connectivity index (χ2v) is 5.90. The highest BCUT2D eigenvalue weighted by Crippen LogP contribution is 2.45. The molecule has 1 aromatic rings. The molecule has 2 bridgehead atoms. The Labute approximate surface area is 108 Å². The molecule has 0 amide bonds. The van der Waals surface area contributed by atoms with Crippen molar-refractivity contribution in [3.8, 4) is 0 Å². The monoisotopic (exact) mass is 301 g/mol. The van der Waals surface area contributed by atoms with Crippen molar-refractivity contribution in [2.75, 3.05) is 5.32 Å². The third-order valence-corrected chi connectivity index (χ3v) is 5.07. The van der Waals surface area contributed by atoms with Gasteiger partial charge in [-0.2, -0.15) is 0 Å². The van der Waals surface area contributed by atoms with Crippen LogP contribution in [0.5, 0.6) is 0 Å². The SMILES string of the molecule is Clc1ncnc(NC2CC3CCC2C3)c1Br. The van der Waals surface area contributed by atoms with E-state index >= 15 is 0 Å². The Morgan fingerprint density at radius 2 is 2.19 bits per heavy atom. The van der Waals surface area contributed by atoms with Crippen molar-refractivity contribution in [1.29, 1.82) is 0 Å². The summed E-state index contributed by atoms with van der Waals surface area (Å²) < 4.78 is 0.777. The zero-order chi connectivity index (χ0) is 11.1. The predicted octanol–water partition coefficient (Wildman–Crippen LogP) is 3.49. The second kappa shape index (κ2) is 4.15. The summed E-state index contributed by atoms with van der Waals surface area (Å²) in [6.45, 7) is 0. The molecular weight excluding hydrogens is 289 g/mol. The molecule has 0 spiro atoms. The minimum Gasteiger partial charge on any atom is -0.366 e. The number of halogens is 2. The second-order valence-electron chi connectivity index (χ2n) is 4.75. The molecule has 2 fully saturated rings. The van der Waals surface area contributed by atoms with Crippen LogP contribution in [0.2, 0.25) is 5.15 Å². The number of fused-ring (bicyclic) bond motifs is 2. The number of hydrogen-bond acceptors (Lipinski definition) is 3. The first-order valence-corrected chi connectivity index (χ1v) is 6.83. The van der Waals surface area contributed by atoms with Gasteiger partial charge < -0.3 is 5.32 Å². The van der Waals surface area contributed by atoms with Crippen LogP contribution in [0.15, 0.2) is 10.8 Å². The van der Waals surface area contributed by atoms with E-state index in [0.29, 0.717) is 11.2 Å². The summed E-state index contributed by atoms with van der Waals surface area (Å²) >= 11 is 9.36. The summed E-state index contributed by atoms with van der Waals surface area (Å²) in [6.07, 6.45) is 6.93. The van der Waals surface area contributed by atoms with Crippen molar-refractivity contribution < 1.29 is 0 Å². The molecule has 1 N–H and O–H groups in total. The predicted molar refractivity (Wildman–Crippen MR) is 67.6 cm³/mol. The highest BCUT2D eigenvalue weighted by Gasteiger charge is 2.39. The molecule has 3 unspecified atom stereocenters. The average Bonchev–Trinajstić information content (AvgIpc) is 2.86. The molecule has 0 aromatic carbocycles. The number of anilines is 1. The van der Waals surface area contributed by atoms with Crippen LogP contribution in [0, 0.1) is 11.8 Å². The van der Waals surface area contributed by atoms with E-state index in [4.69, 9.17) is 11.6 Å². The summed E-state index contributed by atoms with van der Waals surface area (Å²) in [4.78, 5) is 8.16. The molecule has 3 nitrogen and oxygen atoms in total. The first kappa shape index (κ1) is 10.8. The molecule has 1 heterocycles. The van der Waals surface area contributed by atoms with Gasteiger partial charge in [0.2, 0.25) is 0 Å². The number of hydrogen-bond donors (Lipinski definition) is 1. The third-order valence-electron chi connectivity index (χ3n) is 3.81. The molecule has 16 heavy (non-hydrogen) atoms. The topological polar surface area (TPSA) is 37.8 Å². The van der Waals surface area contributed by atoms with Gasteiger partial charge in [0, 0.05) is 6.04 Å². The summed E-state index contributed by atoms with van der Waals surface area (Å²) in [6, 6.07) is 0.570. The van der Waals surface area contributed by atoms with E-state index in [-0.39, 0.29) is 0 Å². The molecule has 5 heteroatoms. The number of rotatable bonds is 2. The Balaban J connectivity index is 1.77. The first-order valence-electron chi connectivity index (χ1n) is 5.66. The summed E-state index contributed by atoms with van der Waals surface area (Å²) in [5, 5.41) is 3.97. The van der Waals surface area contributed by atoms with Gasteiger partial charge in [-0.1, -0.05) is 18.0 Å². The smallest absolute Gasteiger partial charge is 0.148 e. The molecule has 3 atom stereocenters. The zero-order valence-electron chi connectivity index (χ0n) is 8.79. The van der Waals surface area contributed by atoms with Crippen molar-refractivity contribution in [2.45, 2.75) is 31.7 Å². The molecule has 86 valence electrons. The number of aromatic nitrogens is 2. The van der Waals surface area contributed by atoms with E-state index in [9.17, 15) is 0 Å². The fraction of sp³-hybridized carbons (Fsp3) is 0.636. The Hall–Kier alpha value is -0.350. The maximum atomic E-state index is 5.94. The fourth-order valence-corrected chi connectivity index (χ4v) is 3.50. The molecule has 2 saturated carbocycles. The van der Waals surface area contributed by atoms with E-state index in [1.165, 1.54) is 32.0 Å². The van der Waals surface area contributed by atoms with Crippen LogP contribution in [-0.4, -0.2) is 16.0 Å². The van der Waals surface area contributed by atoms with Crippen LogP contribution in [0.1, 0.15) is 25.7 Å². The van der Waals surface area contributed by atoms with E-state index < -0.39 is 0 Å². The van der Waals surface area contributed by atoms with Crippen LogP contribution in [0.25, 0.3) is 0 Å². The van der Waals surface area contributed by atoms with E-state index in [1.807, 2.05) is 0 Å². The van der Waals surface area contributed by atoms with E-state index in [1.54, 1.807) is 0 Å². The maximum absolute atomic E-state index is 5.94. The minimum absolute atomic E-state index is 0.473. The minimum atomic E-state index is 0.473. The molecule has 0 saturated heterocycles. The van der Waals surface area contributed by atoms with Gasteiger partial charge in [0.05, 0.1) is 4.47 Å². The van der Waals surface area contributed by atoms with Crippen molar-refractivity contribution in [2.24, 2.45) is 11.8 Å². The van der Waals surface area contributed by atoms with Gasteiger partial charge in [-0.15, -0.1) is 0 Å². The van der Waals surface area contributed by atoms with Gasteiger partial charge in [0.15, 0.2) is 0 Å². The van der Waals surface area contributed by atoms with Gasteiger partial charge in [-0.25, -0.2) is 9.97 Å². The standard InChI is InChI=1S/C11H13BrClN3/c12-9-10(13)14-5-15-11(9)16-8-4-6-1-2-7(8)3-6/h5-8H,1-4H2,(H,14,15,16). The average molecular weight is 303 g/mol. The van der Waals surface area contributed by atoms with Crippen LogP contribution >= 0.6 is 27.5 Å². The van der Waals surface area contributed by atoms with E-state index in [0.717, 1.165) is 22.1 Å². The summed E-state index contributed by atoms with van der Waals surface area (Å²) in [7, 11) is 0. The Bertz CT molecular complexity index is 412. The largest absolute Gasteiger partial charge is 0.366 e. The van der Waals surface area contributed by atoms with Crippen molar-refractivity contribution >= 4 is 33.3 Å². The highest BCUT2D eigenvalue weighted by molar-refractivity contribution is 9.10. The van der Waals surface area contributed by atoms with Gasteiger partial charge >= 0.3 is 0 Å². The van der Waals surface area contributed by atoms with Gasteiger partial charge in [-0.05, 0) is 47.0 Å². The lowest BCUT2D eigenvalue weighted by Crippen LogP contribution is -2.26. The van der Waals surface area contributed by atoms with Gasteiger partial charge in [0.1, 0.15) is 17.3 Å². The van der Waals surface area contributed by atoms with Crippen molar-refractivity contribution in [3.63, 3.8) is 0 Å². The highest BCUT2D eigenvalue weighted by atomic mass is 79.9. The summed E-state index contributed by atoms with van der Waals surface area (Å²) in [5.74, 6) is 2.58. The lowest BCUT2D eigenvalue weighted by atomic mass is 9.95. The Morgan fingerprint density at radius 1 is 1.31 bits per heavy atom. The Morgan fingerprint density at radius 3 is 2.88 bits per heavy atom. The molecule has 0 aliphatic heterocycles. The molecule has 2 aliphatic rings. The maximum Gasteiger partial charge on any atom is 0.148 e. The number of nitrogens with one attached hydrogen (secondary N) is 1. The normalized spacial score (nSPS) is 32.0. The number of nitrogens with zero attached hydrogens (tertiary/aromatic N) is 2. The lowest BCUT2D eigenvalue weighted by molar-refractivity contribution is 0.439. The fourth-order valence-electron chi connectivity index (χ4n) is 3.05. The quantitative estimate of drug-likeness (QED) is 0.850. The molecular formula is C11H13BrClN3. The lowest BCUT2D eigenvalue weighted by Gasteiger charge is -2.23. The van der Waals surface area contributed by atoms with Crippen molar-refractivity contribution in [3.05, 3.63) is 16.0 Å². The molecule has 0 radical (unpaired) electrons. The third kappa shape index (κ3) is 1.82. The Kier molecular flexibility index (Phi) is 2.80. The van der Waals surface area contributed by atoms with Gasteiger partial charge in [-0.3, -0.25) is 0 Å². The van der Waals surface area contributed by atoms with Crippen LogP contribution < -0.4 is 5.32 Å². The van der Waals surface area contributed by atoms with Crippen LogP contribution in [0.3, 0.4) is 0 Å². The van der Waals surface area contributed by atoms with Crippen molar-refractivity contribution in [1.82, 2.24) is 9.97 Å². The summed E-state index contributed by atoms with van der Waals surface area (Å²) in [5.41, 5.74) is 0. The molecule has 1 aromatic heterocycles. The van der Waals surface area contributed by atoms with E-state index in [2.05, 4.69) is 31.2 Å². The van der Waals surface area contributed by atoms with Crippen LogP contribution in [-0.2, 0) is 0 Å². The molecule has 2 aliphatic carbocycles. The van der Waals surface area contributed by atoms with Gasteiger partial charge in [0.25, 0.3) is 0 Å². The zero-order valence-corrected chi connectivity index (χ0v) is 11.1. The van der Waals surface area contributed by atoms with Crippen LogP contribution in [0.4, 0.5) is 5.82 Å². The first-order chi connectivity index (χ1) is 7.74. The molecule has 3 rings (SSSR count).